The van der Waals surface area contributed by atoms with E-state index < -0.39 is 24.2 Å². The molecule has 1 heterocycles. The Morgan fingerprint density at radius 3 is 2.58 bits per heavy atom. The van der Waals surface area contributed by atoms with Gasteiger partial charge in [0.1, 0.15) is 30.9 Å². The van der Waals surface area contributed by atoms with E-state index in [1.807, 2.05) is 91.9 Å². The summed E-state index contributed by atoms with van der Waals surface area (Å²) in [6.07, 6.45) is 11.5. The van der Waals surface area contributed by atoms with Crippen LogP contribution < -0.4 is 10.5 Å². The van der Waals surface area contributed by atoms with Crippen molar-refractivity contribution >= 4 is 22.5 Å². The fraction of sp³-hybridized carbons (Fsp3) is 0.372. The first kappa shape index (κ1) is 38.6. The number of carbonyl (C=O) groups is 2. The number of unbranched alkanes of at least 4 members (excludes halogenated alkanes) is 1. The van der Waals surface area contributed by atoms with Crippen LogP contribution in [0.4, 0.5) is 0 Å². The van der Waals surface area contributed by atoms with Gasteiger partial charge in [-0.3, -0.25) is 14.6 Å². The highest BCUT2D eigenvalue weighted by atomic mass is 16.5. The molecule has 1 aliphatic carbocycles. The molecule has 9 nitrogen and oxygen atoms in total. The molecular formula is C43H50N2O7. The van der Waals surface area contributed by atoms with Crippen LogP contribution in [0, 0.1) is 18.8 Å². The van der Waals surface area contributed by atoms with Crippen molar-refractivity contribution in [2.45, 2.75) is 76.3 Å². The molecule has 52 heavy (non-hydrogen) atoms. The normalized spacial score (nSPS) is 20.0. The Morgan fingerprint density at radius 1 is 0.981 bits per heavy atom. The number of aryl methyl sites for hydroxylation is 1. The van der Waals surface area contributed by atoms with E-state index in [1.54, 1.807) is 24.5 Å². The molecular weight excluding hydrogens is 656 g/mol. The third kappa shape index (κ3) is 11.2. The summed E-state index contributed by atoms with van der Waals surface area (Å²) in [7, 11) is 0. The number of pyridine rings is 1. The lowest BCUT2D eigenvalue weighted by Gasteiger charge is -2.19. The number of aliphatic hydroxyl groups excluding tert-OH is 3. The third-order valence-corrected chi connectivity index (χ3v) is 9.70. The van der Waals surface area contributed by atoms with Crippen molar-refractivity contribution in [2.24, 2.45) is 17.6 Å². The molecule has 6 atom stereocenters. The molecule has 3 aromatic carbocycles. The maximum atomic E-state index is 13.2. The summed E-state index contributed by atoms with van der Waals surface area (Å²) in [5, 5.41) is 33.6. The van der Waals surface area contributed by atoms with Crippen molar-refractivity contribution in [1.82, 2.24) is 4.98 Å². The molecule has 0 spiro atoms. The lowest BCUT2D eigenvalue weighted by atomic mass is 9.89. The zero-order valence-corrected chi connectivity index (χ0v) is 29.7. The van der Waals surface area contributed by atoms with E-state index in [-0.39, 0.29) is 62.6 Å². The summed E-state index contributed by atoms with van der Waals surface area (Å²) in [6, 6.07) is 22.9. The SMILES string of the molecule is Cc1cccc(OC[C@H](O)/C=C/[C@@H]2C(C/C=C\CCCC(=O)OCc3ccc(C(CN)C(=O)Cc4ccc5cnccc5c4)cc3)[C@@H](O)C[C@H]2O)c1. The van der Waals surface area contributed by atoms with Crippen LogP contribution in [0.1, 0.15) is 60.3 Å². The van der Waals surface area contributed by atoms with E-state index in [0.717, 1.165) is 33.0 Å². The van der Waals surface area contributed by atoms with Gasteiger partial charge in [-0.05, 0) is 77.9 Å². The Kier molecular flexibility index (Phi) is 14.3. The zero-order chi connectivity index (χ0) is 36.9. The van der Waals surface area contributed by atoms with Gasteiger partial charge < -0.3 is 30.5 Å². The van der Waals surface area contributed by atoms with Crippen LogP contribution in [0.2, 0.25) is 0 Å². The molecule has 1 saturated carbocycles. The summed E-state index contributed by atoms with van der Waals surface area (Å²) in [4.78, 5) is 29.7. The van der Waals surface area contributed by atoms with Crippen LogP contribution in [0.3, 0.4) is 0 Å². The van der Waals surface area contributed by atoms with Gasteiger partial charge in [-0.2, -0.15) is 0 Å². The number of ether oxygens (including phenoxy) is 2. The molecule has 4 aromatic rings. The standard InChI is InChI=1S/C43H50N2O7/c1-29-7-6-8-36(21-29)51-28-35(46)17-18-38-37(41(48)24-42(38)49)9-4-2-3-5-10-43(50)52-27-30-11-14-32(15-12-30)39(25-44)40(47)23-31-13-16-34-26-45-20-19-33(34)22-31/h2,4,6-8,11-22,26,35,37-39,41-42,46,48-49H,3,5,9-10,23-25,27-28,44H2,1H3/b4-2-,18-17+/t35-,37?,38-,39?,41+,42-/m1/s1. The Bertz CT molecular complexity index is 1820. The van der Waals surface area contributed by atoms with E-state index in [9.17, 15) is 24.9 Å². The van der Waals surface area contributed by atoms with Crippen molar-refractivity contribution in [3.63, 3.8) is 0 Å². The summed E-state index contributed by atoms with van der Waals surface area (Å²) < 4.78 is 11.2. The highest BCUT2D eigenvalue weighted by molar-refractivity contribution is 5.89. The molecule has 0 radical (unpaired) electrons. The smallest absolute Gasteiger partial charge is 0.306 e. The number of nitrogens with two attached hydrogens (primary N) is 1. The van der Waals surface area contributed by atoms with Crippen molar-refractivity contribution in [1.29, 1.82) is 0 Å². The highest BCUT2D eigenvalue weighted by Crippen LogP contribution is 2.36. The molecule has 5 N–H and O–H groups in total. The van der Waals surface area contributed by atoms with Crippen LogP contribution in [0.5, 0.6) is 5.75 Å². The quantitative estimate of drug-likeness (QED) is 0.0562. The molecule has 0 aliphatic heterocycles. The van der Waals surface area contributed by atoms with Crippen molar-refractivity contribution in [3.8, 4) is 5.75 Å². The first-order valence-corrected chi connectivity index (χ1v) is 18.1. The number of Topliss-reactive ketones (excluding diaryl/α,β-unsaturated/α-hetero) is 1. The van der Waals surface area contributed by atoms with Gasteiger partial charge in [-0.25, -0.2) is 0 Å². The number of ketones is 1. The second-order valence-electron chi connectivity index (χ2n) is 13.7. The van der Waals surface area contributed by atoms with E-state index in [1.165, 1.54) is 0 Å². The number of fused-ring (bicyclic) bond motifs is 1. The van der Waals surface area contributed by atoms with Gasteiger partial charge in [0.05, 0.1) is 18.1 Å². The molecule has 1 aromatic heterocycles. The van der Waals surface area contributed by atoms with Crippen molar-refractivity contribution in [2.75, 3.05) is 13.2 Å². The van der Waals surface area contributed by atoms with Crippen molar-refractivity contribution in [3.05, 3.63) is 132 Å². The van der Waals surface area contributed by atoms with Gasteiger partial charge >= 0.3 is 5.97 Å². The Labute approximate surface area is 305 Å². The lowest BCUT2D eigenvalue weighted by Crippen LogP contribution is -2.23. The number of allylic oxidation sites excluding steroid dienone is 2. The predicted molar refractivity (Wildman–Crippen MR) is 202 cm³/mol. The van der Waals surface area contributed by atoms with Crippen LogP contribution in [0.15, 0.2) is 109 Å². The fourth-order valence-electron chi connectivity index (χ4n) is 6.74. The average Bonchev–Trinajstić information content (AvgIpc) is 3.41. The highest BCUT2D eigenvalue weighted by Gasteiger charge is 2.39. The predicted octanol–water partition coefficient (Wildman–Crippen LogP) is 5.91. The van der Waals surface area contributed by atoms with Gasteiger partial charge in [0.2, 0.25) is 0 Å². The molecule has 5 rings (SSSR count). The number of nitrogens with zero attached hydrogens (tertiary/aromatic N) is 1. The van der Waals surface area contributed by atoms with Crippen LogP contribution in [-0.4, -0.2) is 63.5 Å². The first-order valence-electron chi connectivity index (χ1n) is 18.1. The van der Waals surface area contributed by atoms with Crippen molar-refractivity contribution < 1.29 is 34.4 Å². The molecule has 0 bridgehead atoms. The Morgan fingerprint density at radius 2 is 1.79 bits per heavy atom. The molecule has 9 heteroatoms. The second kappa shape index (κ2) is 19.2. The first-order chi connectivity index (χ1) is 25.2. The Balaban J connectivity index is 0.998. The van der Waals surface area contributed by atoms with Gasteiger partial charge in [-0.15, -0.1) is 0 Å². The molecule has 2 unspecified atom stereocenters. The number of benzene rings is 3. The lowest BCUT2D eigenvalue weighted by molar-refractivity contribution is -0.145. The number of aliphatic hydroxyl groups is 3. The zero-order valence-electron chi connectivity index (χ0n) is 29.7. The monoisotopic (exact) mass is 706 g/mol. The van der Waals surface area contributed by atoms with E-state index in [4.69, 9.17) is 15.2 Å². The molecule has 0 amide bonds. The van der Waals surface area contributed by atoms with Gasteiger partial charge in [0.25, 0.3) is 0 Å². The molecule has 1 aliphatic rings. The largest absolute Gasteiger partial charge is 0.491 e. The molecule has 0 saturated heterocycles. The van der Waals surface area contributed by atoms with E-state index in [2.05, 4.69) is 4.98 Å². The number of hydrogen-bond acceptors (Lipinski definition) is 9. The van der Waals surface area contributed by atoms with E-state index in [0.29, 0.717) is 25.0 Å². The topological polar surface area (TPSA) is 152 Å². The van der Waals surface area contributed by atoms with Crippen LogP contribution >= 0.6 is 0 Å². The number of aromatic nitrogens is 1. The number of esters is 1. The fourth-order valence-corrected chi connectivity index (χ4v) is 6.74. The minimum absolute atomic E-state index is 0.0494. The minimum Gasteiger partial charge on any atom is -0.491 e. The maximum Gasteiger partial charge on any atom is 0.306 e. The maximum absolute atomic E-state index is 13.2. The van der Waals surface area contributed by atoms with Gasteiger partial charge in [-0.1, -0.05) is 78.9 Å². The third-order valence-electron chi connectivity index (χ3n) is 9.70. The van der Waals surface area contributed by atoms with Gasteiger partial charge in [0.15, 0.2) is 0 Å². The van der Waals surface area contributed by atoms with Crippen LogP contribution in [0.25, 0.3) is 10.8 Å². The number of rotatable bonds is 18. The number of hydrogen-bond donors (Lipinski definition) is 4. The summed E-state index contributed by atoms with van der Waals surface area (Å²) in [5.74, 6) is -0.442. The molecule has 274 valence electrons. The summed E-state index contributed by atoms with van der Waals surface area (Å²) >= 11 is 0. The number of carbonyl (C=O) groups excluding carboxylic acids is 2. The minimum atomic E-state index is -0.842. The van der Waals surface area contributed by atoms with Gasteiger partial charge in [0, 0.05) is 49.5 Å². The Hall–Kier alpha value is -4.67. The summed E-state index contributed by atoms with van der Waals surface area (Å²) in [6.45, 7) is 2.41. The average molecular weight is 707 g/mol. The second-order valence-corrected chi connectivity index (χ2v) is 13.7. The summed E-state index contributed by atoms with van der Waals surface area (Å²) in [5.41, 5.74) is 9.69. The van der Waals surface area contributed by atoms with E-state index >= 15 is 0 Å². The molecule has 1 fully saturated rings. The van der Waals surface area contributed by atoms with Crippen LogP contribution in [-0.2, 0) is 27.4 Å².